The number of halogens is 1. The highest BCUT2D eigenvalue weighted by molar-refractivity contribution is 5.94. The summed E-state index contributed by atoms with van der Waals surface area (Å²) < 4.78 is 0. The van der Waals surface area contributed by atoms with E-state index in [0.29, 0.717) is 5.92 Å². The predicted octanol–water partition coefficient (Wildman–Crippen LogP) is 5.14. The Balaban J connectivity index is 0.00000264. The van der Waals surface area contributed by atoms with Crippen LogP contribution in [0, 0.1) is 22.2 Å². The van der Waals surface area contributed by atoms with Crippen LogP contribution in [0.15, 0.2) is 24.3 Å². The van der Waals surface area contributed by atoms with Crippen LogP contribution in [0.5, 0.6) is 0 Å². The lowest BCUT2D eigenvalue weighted by Crippen LogP contribution is -2.25. The molecule has 2 rings (SSSR count). The van der Waals surface area contributed by atoms with Crippen LogP contribution in [0.4, 0.5) is 0 Å². The van der Waals surface area contributed by atoms with Gasteiger partial charge in [-0.15, -0.1) is 12.4 Å². The second-order valence-electron chi connectivity index (χ2n) is 6.66. The molecule has 4 heteroatoms. The van der Waals surface area contributed by atoms with Gasteiger partial charge in [0.1, 0.15) is 5.84 Å². The smallest absolute Gasteiger partial charge is 0.122 e. The number of hydrogen-bond donors (Lipinski definition) is 2. The largest absolute Gasteiger partial charge is 0.384 e. The zero-order valence-corrected chi connectivity index (χ0v) is 14.8. The van der Waals surface area contributed by atoms with Crippen LogP contribution in [0.3, 0.4) is 0 Å². The Morgan fingerprint density at radius 2 is 1.87 bits per heavy atom. The maximum Gasteiger partial charge on any atom is 0.122 e. The molecule has 0 aliphatic heterocycles. The number of unbranched alkanes of at least 4 members (excludes halogenated alkanes) is 2. The van der Waals surface area contributed by atoms with Gasteiger partial charge in [0.25, 0.3) is 0 Å². The summed E-state index contributed by atoms with van der Waals surface area (Å²) in [5.41, 5.74) is 7.53. The van der Waals surface area contributed by atoms with Gasteiger partial charge in [0, 0.05) is 5.56 Å². The molecule has 3 nitrogen and oxygen atoms in total. The minimum absolute atomic E-state index is 0. The van der Waals surface area contributed by atoms with Gasteiger partial charge in [0.05, 0.1) is 11.5 Å². The minimum Gasteiger partial charge on any atom is -0.384 e. The van der Waals surface area contributed by atoms with Gasteiger partial charge in [-0.2, -0.15) is 5.26 Å². The molecule has 126 valence electrons. The van der Waals surface area contributed by atoms with Crippen LogP contribution in [0.1, 0.15) is 75.3 Å². The molecule has 0 spiro atoms. The number of amidine groups is 1. The average molecular weight is 334 g/mol. The third kappa shape index (κ3) is 4.97. The third-order valence-electron chi connectivity index (χ3n) is 5.13. The van der Waals surface area contributed by atoms with E-state index in [0.717, 1.165) is 37.7 Å². The number of rotatable bonds is 6. The van der Waals surface area contributed by atoms with Crippen molar-refractivity contribution in [2.24, 2.45) is 11.1 Å². The molecule has 0 atom stereocenters. The van der Waals surface area contributed by atoms with Crippen LogP contribution < -0.4 is 5.73 Å². The van der Waals surface area contributed by atoms with Crippen LogP contribution in [-0.4, -0.2) is 5.84 Å². The van der Waals surface area contributed by atoms with Crippen LogP contribution in [-0.2, 0) is 0 Å². The lowest BCUT2D eigenvalue weighted by molar-refractivity contribution is 0.223. The molecule has 1 saturated carbocycles. The van der Waals surface area contributed by atoms with E-state index in [1.165, 1.54) is 24.8 Å². The molecular weight excluding hydrogens is 306 g/mol. The van der Waals surface area contributed by atoms with Gasteiger partial charge < -0.3 is 5.73 Å². The van der Waals surface area contributed by atoms with Crippen LogP contribution in [0.25, 0.3) is 0 Å². The van der Waals surface area contributed by atoms with E-state index < -0.39 is 0 Å². The molecule has 3 N–H and O–H groups in total. The van der Waals surface area contributed by atoms with Crippen molar-refractivity contribution < 1.29 is 0 Å². The molecule has 0 heterocycles. The van der Waals surface area contributed by atoms with Gasteiger partial charge in [-0.3, -0.25) is 5.41 Å². The highest BCUT2D eigenvalue weighted by atomic mass is 35.5. The molecule has 0 unspecified atom stereocenters. The van der Waals surface area contributed by atoms with Crippen LogP contribution in [0.2, 0.25) is 0 Å². The van der Waals surface area contributed by atoms with Crippen LogP contribution >= 0.6 is 12.4 Å². The van der Waals surface area contributed by atoms with E-state index in [-0.39, 0.29) is 23.7 Å². The number of nitrogens with two attached hydrogens (primary N) is 1. The standard InChI is InChI=1S/C19H27N3.ClH/c1-2-3-4-11-19(14-20)12-9-16(10-13-19)15-5-7-17(8-6-15)18(21)22;/h5-8,16H,2-4,9-13H2,1H3,(H3,21,22);1H. The fourth-order valence-electron chi connectivity index (χ4n) is 3.57. The Morgan fingerprint density at radius 1 is 1.26 bits per heavy atom. The summed E-state index contributed by atoms with van der Waals surface area (Å²) in [6.45, 7) is 2.21. The van der Waals surface area contributed by atoms with E-state index in [9.17, 15) is 5.26 Å². The lowest BCUT2D eigenvalue weighted by Gasteiger charge is -2.35. The molecule has 1 aromatic rings. The van der Waals surface area contributed by atoms with E-state index in [1.807, 2.05) is 12.1 Å². The van der Waals surface area contributed by atoms with Crippen molar-refractivity contribution in [1.82, 2.24) is 0 Å². The van der Waals surface area contributed by atoms with Crippen molar-refractivity contribution in [3.63, 3.8) is 0 Å². The number of benzene rings is 1. The monoisotopic (exact) mass is 333 g/mol. The quantitative estimate of drug-likeness (QED) is 0.429. The third-order valence-corrected chi connectivity index (χ3v) is 5.13. The molecule has 1 aromatic carbocycles. The average Bonchev–Trinajstić information content (AvgIpc) is 2.56. The second kappa shape index (κ2) is 8.93. The van der Waals surface area contributed by atoms with E-state index in [2.05, 4.69) is 25.1 Å². The fourth-order valence-corrected chi connectivity index (χ4v) is 3.57. The number of nitrogens with zero attached hydrogens (tertiary/aromatic N) is 1. The number of nitrogen functional groups attached to an aromatic ring is 1. The molecule has 1 aliphatic rings. The van der Waals surface area contributed by atoms with Crippen molar-refractivity contribution in [1.29, 1.82) is 10.7 Å². The van der Waals surface area contributed by atoms with E-state index in [1.54, 1.807) is 0 Å². The van der Waals surface area contributed by atoms with E-state index in [4.69, 9.17) is 11.1 Å². The summed E-state index contributed by atoms with van der Waals surface area (Å²) in [6.07, 6.45) is 8.93. The Bertz CT molecular complexity index is 537. The van der Waals surface area contributed by atoms with Gasteiger partial charge in [0.2, 0.25) is 0 Å². The molecular formula is C19H28ClN3. The second-order valence-corrected chi connectivity index (χ2v) is 6.66. The first-order valence-electron chi connectivity index (χ1n) is 8.46. The van der Waals surface area contributed by atoms with Gasteiger partial charge >= 0.3 is 0 Å². The van der Waals surface area contributed by atoms with Gasteiger partial charge in [-0.05, 0) is 43.6 Å². The Kier molecular flexibility index (Phi) is 7.58. The topological polar surface area (TPSA) is 73.7 Å². The molecule has 1 aliphatic carbocycles. The van der Waals surface area contributed by atoms with E-state index >= 15 is 0 Å². The normalized spacial score (nSPS) is 23.6. The van der Waals surface area contributed by atoms with Crippen molar-refractivity contribution in [2.45, 2.75) is 64.2 Å². The van der Waals surface area contributed by atoms with Crippen molar-refractivity contribution in [2.75, 3.05) is 0 Å². The maximum absolute atomic E-state index is 9.61. The SMILES string of the molecule is CCCCCC1(C#N)CCC(c2ccc(C(=N)N)cc2)CC1.Cl. The number of nitrogens with one attached hydrogen (secondary N) is 1. The number of hydrogen-bond acceptors (Lipinski definition) is 2. The fraction of sp³-hybridized carbons (Fsp3) is 0.579. The Morgan fingerprint density at radius 3 is 2.35 bits per heavy atom. The Labute approximate surface area is 146 Å². The van der Waals surface area contributed by atoms with Crippen molar-refractivity contribution >= 4 is 18.2 Å². The zero-order chi connectivity index (χ0) is 16.0. The molecule has 0 aromatic heterocycles. The maximum atomic E-state index is 9.61. The molecule has 0 saturated heterocycles. The first kappa shape index (κ1) is 19.5. The summed E-state index contributed by atoms with van der Waals surface area (Å²) in [6, 6.07) is 10.7. The minimum atomic E-state index is -0.0784. The molecule has 0 bridgehead atoms. The first-order chi connectivity index (χ1) is 10.6. The molecule has 1 fully saturated rings. The molecule has 23 heavy (non-hydrogen) atoms. The summed E-state index contributed by atoms with van der Waals surface area (Å²) in [5.74, 6) is 0.670. The zero-order valence-electron chi connectivity index (χ0n) is 14.0. The highest BCUT2D eigenvalue weighted by Gasteiger charge is 2.35. The summed E-state index contributed by atoms with van der Waals surface area (Å²) in [4.78, 5) is 0. The highest BCUT2D eigenvalue weighted by Crippen LogP contribution is 2.45. The Hall–Kier alpha value is -1.53. The molecule has 0 radical (unpaired) electrons. The van der Waals surface area contributed by atoms with Crippen molar-refractivity contribution in [3.05, 3.63) is 35.4 Å². The van der Waals surface area contributed by atoms with Crippen molar-refractivity contribution in [3.8, 4) is 6.07 Å². The lowest BCUT2D eigenvalue weighted by atomic mass is 9.67. The van der Waals surface area contributed by atoms with Gasteiger partial charge in [-0.25, -0.2) is 0 Å². The number of nitriles is 1. The molecule has 0 amide bonds. The van der Waals surface area contributed by atoms with Gasteiger partial charge in [-0.1, -0.05) is 50.5 Å². The summed E-state index contributed by atoms with van der Waals surface area (Å²) in [7, 11) is 0. The van der Waals surface area contributed by atoms with Gasteiger partial charge in [0.15, 0.2) is 0 Å². The summed E-state index contributed by atoms with van der Waals surface area (Å²) in [5, 5.41) is 17.1. The summed E-state index contributed by atoms with van der Waals surface area (Å²) >= 11 is 0. The predicted molar refractivity (Wildman–Crippen MR) is 98.1 cm³/mol. The first-order valence-corrected chi connectivity index (χ1v) is 8.46.